The summed E-state index contributed by atoms with van der Waals surface area (Å²) in [5.41, 5.74) is -1.41. The van der Waals surface area contributed by atoms with Gasteiger partial charge in [0.15, 0.2) is 4.90 Å². The molecule has 0 aliphatic heterocycles. The molecule has 0 saturated heterocycles. The van der Waals surface area contributed by atoms with Gasteiger partial charge in [0, 0.05) is 32.4 Å². The molecule has 2 aromatic rings. The van der Waals surface area contributed by atoms with Gasteiger partial charge in [0.1, 0.15) is 0 Å². The Labute approximate surface area is 136 Å². The summed E-state index contributed by atoms with van der Waals surface area (Å²) in [6.45, 7) is 1.49. The molecule has 128 valence electrons. The number of nitro groups is 1. The van der Waals surface area contributed by atoms with Crippen molar-refractivity contribution < 1.29 is 13.3 Å². The third kappa shape index (κ3) is 3.06. The van der Waals surface area contributed by atoms with Crippen LogP contribution in [-0.2, 0) is 24.1 Å². The summed E-state index contributed by atoms with van der Waals surface area (Å²) in [6.07, 6.45) is 0.924. The minimum absolute atomic E-state index is 0.0940. The number of benzene rings is 1. The average molecular weight is 354 g/mol. The Bertz CT molecular complexity index is 1050. The van der Waals surface area contributed by atoms with E-state index in [1.165, 1.54) is 33.2 Å². The highest BCUT2D eigenvalue weighted by atomic mass is 32.2. The topological polar surface area (TPSA) is 133 Å². The molecule has 0 fully saturated rings. The van der Waals surface area contributed by atoms with Gasteiger partial charge >= 0.3 is 5.69 Å². The zero-order valence-corrected chi connectivity index (χ0v) is 13.8. The molecule has 0 saturated carbocycles. The fourth-order valence-corrected chi connectivity index (χ4v) is 3.33. The van der Waals surface area contributed by atoms with Gasteiger partial charge in [0.05, 0.1) is 10.6 Å². The van der Waals surface area contributed by atoms with Gasteiger partial charge in [0.2, 0.25) is 0 Å². The first kappa shape index (κ1) is 17.4. The number of anilines is 1. The maximum atomic E-state index is 12.4. The van der Waals surface area contributed by atoms with Gasteiger partial charge in [-0.3, -0.25) is 24.2 Å². The van der Waals surface area contributed by atoms with Gasteiger partial charge in [-0.05, 0) is 18.6 Å². The van der Waals surface area contributed by atoms with Gasteiger partial charge in [-0.1, -0.05) is 0 Å². The second-order valence-electron chi connectivity index (χ2n) is 5.11. The molecular weight excluding hydrogens is 340 g/mol. The largest absolute Gasteiger partial charge is 0.330 e. The van der Waals surface area contributed by atoms with Crippen LogP contribution >= 0.6 is 0 Å². The standard InChI is InChI=1S/C13H14N4O6S/c1-8-6-9(17(20)21)4-5-10(8)14-24(22,23)11-7-15(2)13(19)16(3)12(11)18/h4-7,14H,1-3H3. The van der Waals surface area contributed by atoms with Crippen molar-refractivity contribution in [1.82, 2.24) is 9.13 Å². The number of aromatic nitrogens is 2. The summed E-state index contributed by atoms with van der Waals surface area (Å²) >= 11 is 0. The third-order valence-electron chi connectivity index (χ3n) is 3.37. The Kier molecular flexibility index (Phi) is 4.30. The molecule has 11 heteroatoms. The Balaban J connectivity index is 2.53. The second-order valence-corrected chi connectivity index (χ2v) is 6.76. The van der Waals surface area contributed by atoms with Crippen molar-refractivity contribution in [2.24, 2.45) is 14.1 Å². The SMILES string of the molecule is Cc1cc([N+](=O)[O-])ccc1NS(=O)(=O)c1cn(C)c(=O)n(C)c1=O. The van der Waals surface area contributed by atoms with E-state index in [-0.39, 0.29) is 11.4 Å². The lowest BCUT2D eigenvalue weighted by Gasteiger charge is -2.11. The van der Waals surface area contributed by atoms with Crippen LogP contribution in [-0.4, -0.2) is 22.5 Å². The van der Waals surface area contributed by atoms with Gasteiger partial charge in [-0.15, -0.1) is 0 Å². The van der Waals surface area contributed by atoms with E-state index >= 15 is 0 Å². The van der Waals surface area contributed by atoms with Crippen LogP contribution in [0.4, 0.5) is 11.4 Å². The molecule has 10 nitrogen and oxygen atoms in total. The van der Waals surface area contributed by atoms with Crippen molar-refractivity contribution >= 4 is 21.4 Å². The molecule has 2 rings (SSSR count). The van der Waals surface area contributed by atoms with Crippen LogP contribution in [0.2, 0.25) is 0 Å². The highest BCUT2D eigenvalue weighted by molar-refractivity contribution is 7.92. The van der Waals surface area contributed by atoms with Crippen molar-refractivity contribution in [3.8, 4) is 0 Å². The highest BCUT2D eigenvalue weighted by Gasteiger charge is 2.22. The quantitative estimate of drug-likeness (QED) is 0.611. The molecule has 0 aliphatic rings. The molecule has 1 N–H and O–H groups in total. The van der Waals surface area contributed by atoms with Crippen molar-refractivity contribution in [3.05, 3.63) is 60.9 Å². The number of hydrogen-bond donors (Lipinski definition) is 1. The lowest BCUT2D eigenvalue weighted by Crippen LogP contribution is -2.40. The smallest absolute Gasteiger partial charge is 0.302 e. The second kappa shape index (κ2) is 5.92. The molecule has 0 radical (unpaired) electrons. The lowest BCUT2D eigenvalue weighted by atomic mass is 10.2. The molecule has 1 aromatic heterocycles. The van der Waals surface area contributed by atoms with Crippen LogP contribution in [0.5, 0.6) is 0 Å². The van der Waals surface area contributed by atoms with Gasteiger partial charge in [-0.25, -0.2) is 13.2 Å². The molecule has 0 bridgehead atoms. The fraction of sp³-hybridized carbons (Fsp3) is 0.231. The third-order valence-corrected chi connectivity index (χ3v) is 4.72. The van der Waals surface area contributed by atoms with Crippen molar-refractivity contribution in [2.75, 3.05) is 4.72 Å². The minimum Gasteiger partial charge on any atom is -0.302 e. The van der Waals surface area contributed by atoms with Crippen LogP contribution < -0.4 is 16.0 Å². The molecule has 0 amide bonds. The van der Waals surface area contributed by atoms with E-state index < -0.39 is 31.1 Å². The summed E-state index contributed by atoms with van der Waals surface area (Å²) in [5.74, 6) is 0. The number of nitro benzene ring substituents is 1. The Morgan fingerprint density at radius 3 is 2.38 bits per heavy atom. The molecule has 0 spiro atoms. The van der Waals surface area contributed by atoms with Crippen LogP contribution in [0.25, 0.3) is 0 Å². The summed E-state index contributed by atoms with van der Waals surface area (Å²) < 4.78 is 28.7. The molecule has 1 aromatic carbocycles. The van der Waals surface area contributed by atoms with Crippen molar-refractivity contribution in [1.29, 1.82) is 0 Å². The molecular formula is C13H14N4O6S. The normalized spacial score (nSPS) is 11.3. The molecule has 1 heterocycles. The number of rotatable bonds is 4. The fourth-order valence-electron chi connectivity index (χ4n) is 2.04. The van der Waals surface area contributed by atoms with Crippen LogP contribution in [0.15, 0.2) is 38.9 Å². The molecule has 24 heavy (non-hydrogen) atoms. The summed E-state index contributed by atoms with van der Waals surface area (Å²) in [6, 6.07) is 3.58. The van der Waals surface area contributed by atoms with Crippen molar-refractivity contribution in [2.45, 2.75) is 11.8 Å². The number of aryl methyl sites for hydroxylation is 2. The predicted molar refractivity (Wildman–Crippen MR) is 85.6 cm³/mol. The van der Waals surface area contributed by atoms with Gasteiger partial charge in [0.25, 0.3) is 21.3 Å². The molecule has 0 aliphatic carbocycles. The average Bonchev–Trinajstić information content (AvgIpc) is 2.50. The zero-order chi connectivity index (χ0) is 18.2. The zero-order valence-electron chi connectivity index (χ0n) is 13.0. The first-order chi connectivity index (χ1) is 11.0. The Morgan fingerprint density at radius 1 is 1.21 bits per heavy atom. The van der Waals surface area contributed by atoms with E-state index in [2.05, 4.69) is 4.72 Å². The minimum atomic E-state index is -4.27. The van der Waals surface area contributed by atoms with E-state index in [9.17, 15) is 28.1 Å². The van der Waals surface area contributed by atoms with E-state index in [1.807, 2.05) is 0 Å². The maximum Gasteiger partial charge on any atom is 0.330 e. The predicted octanol–water partition coefficient (Wildman–Crippen LogP) is 0.101. The summed E-state index contributed by atoms with van der Waals surface area (Å²) in [5, 5.41) is 10.7. The van der Waals surface area contributed by atoms with Gasteiger partial charge < -0.3 is 4.57 Å². The van der Waals surface area contributed by atoms with E-state index in [0.717, 1.165) is 16.8 Å². The van der Waals surface area contributed by atoms with E-state index in [4.69, 9.17) is 0 Å². The van der Waals surface area contributed by atoms with E-state index in [0.29, 0.717) is 10.1 Å². The Morgan fingerprint density at radius 2 is 1.83 bits per heavy atom. The monoisotopic (exact) mass is 354 g/mol. The number of sulfonamides is 1. The Hall–Kier alpha value is -2.95. The lowest BCUT2D eigenvalue weighted by molar-refractivity contribution is -0.384. The first-order valence-corrected chi connectivity index (χ1v) is 8.07. The van der Waals surface area contributed by atoms with E-state index in [1.54, 1.807) is 0 Å². The molecule has 0 atom stereocenters. The summed E-state index contributed by atoms with van der Waals surface area (Å²) in [7, 11) is -1.79. The van der Waals surface area contributed by atoms with Crippen LogP contribution in [0.1, 0.15) is 5.56 Å². The van der Waals surface area contributed by atoms with Crippen LogP contribution in [0.3, 0.4) is 0 Å². The van der Waals surface area contributed by atoms with Crippen LogP contribution in [0, 0.1) is 17.0 Å². The molecule has 0 unspecified atom stereocenters. The number of nitrogens with zero attached hydrogens (tertiary/aromatic N) is 3. The van der Waals surface area contributed by atoms with Crippen molar-refractivity contribution in [3.63, 3.8) is 0 Å². The first-order valence-electron chi connectivity index (χ1n) is 6.59. The number of hydrogen-bond acceptors (Lipinski definition) is 6. The highest BCUT2D eigenvalue weighted by Crippen LogP contribution is 2.23. The number of nitrogens with one attached hydrogen (secondary N) is 1. The summed E-state index contributed by atoms with van der Waals surface area (Å²) in [4.78, 5) is 33.2. The maximum absolute atomic E-state index is 12.4. The number of non-ortho nitro benzene ring substituents is 1. The van der Waals surface area contributed by atoms with Gasteiger partial charge in [-0.2, -0.15) is 0 Å².